The molecule has 2 aromatic carbocycles. The number of rotatable bonds is 15. The van der Waals surface area contributed by atoms with Crippen LogP contribution in [0.5, 0.6) is 0 Å². The molecular formula is C38H44F5N3O4. The number of hydrogen-bond donors (Lipinski definition) is 1. The number of halogens is 5. The number of aromatic nitrogens is 2. The van der Waals surface area contributed by atoms with Crippen LogP contribution in [0.3, 0.4) is 0 Å². The first kappa shape index (κ1) is 37.3. The molecule has 0 amide bonds. The second-order valence-corrected chi connectivity index (χ2v) is 14.3. The summed E-state index contributed by atoms with van der Waals surface area (Å²) in [5.74, 6) is -4.48. The fourth-order valence-corrected chi connectivity index (χ4v) is 7.08. The van der Waals surface area contributed by atoms with Gasteiger partial charge in [0.2, 0.25) is 0 Å². The Morgan fingerprint density at radius 2 is 1.72 bits per heavy atom. The molecule has 5 rings (SSSR count). The third-order valence-corrected chi connectivity index (χ3v) is 9.80. The first-order chi connectivity index (χ1) is 23.5. The zero-order chi connectivity index (χ0) is 36.5. The van der Waals surface area contributed by atoms with Gasteiger partial charge in [-0.25, -0.2) is 13.5 Å². The highest BCUT2D eigenvalue weighted by Crippen LogP contribution is 2.42. The summed E-state index contributed by atoms with van der Waals surface area (Å²) in [6.07, 6.45) is -4.65. The zero-order valence-electron chi connectivity index (χ0n) is 28.8. The van der Waals surface area contributed by atoms with E-state index < -0.39 is 65.0 Å². The van der Waals surface area contributed by atoms with Crippen molar-refractivity contribution in [2.45, 2.75) is 103 Å². The van der Waals surface area contributed by atoms with E-state index in [-0.39, 0.29) is 36.7 Å². The van der Waals surface area contributed by atoms with Gasteiger partial charge in [-0.1, -0.05) is 32.0 Å². The van der Waals surface area contributed by atoms with Gasteiger partial charge in [0.25, 0.3) is 5.56 Å². The number of benzene rings is 2. The number of carboxylic acids is 1. The predicted octanol–water partition coefficient (Wildman–Crippen LogP) is 7.95. The van der Waals surface area contributed by atoms with Crippen LogP contribution in [-0.4, -0.2) is 57.3 Å². The fraction of sp³-hybridized carbons (Fsp3) is 0.526. The van der Waals surface area contributed by atoms with Crippen molar-refractivity contribution in [2.75, 3.05) is 19.6 Å². The number of carbonyl (C=O) groups excluding carboxylic acids is 1. The summed E-state index contributed by atoms with van der Waals surface area (Å²) in [6.45, 7) is 8.43. The van der Waals surface area contributed by atoms with Crippen LogP contribution in [0.4, 0.5) is 22.0 Å². The largest absolute Gasteiger partial charge is 0.481 e. The first-order valence-electron chi connectivity index (χ1n) is 17.2. The summed E-state index contributed by atoms with van der Waals surface area (Å²) in [4.78, 5) is 41.4. The Bertz CT molecular complexity index is 1770. The Balaban J connectivity index is 1.48. The van der Waals surface area contributed by atoms with Crippen LogP contribution in [0.2, 0.25) is 0 Å². The van der Waals surface area contributed by atoms with Crippen molar-refractivity contribution in [3.63, 3.8) is 0 Å². The molecule has 2 atom stereocenters. The number of aliphatic carboxylic acids is 1. The molecule has 1 saturated carbocycles. The molecule has 1 N–H and O–H groups in total. The van der Waals surface area contributed by atoms with Crippen LogP contribution < -0.4 is 5.56 Å². The number of carboxylic acid groups (broad SMARTS) is 1. The molecule has 1 aromatic heterocycles. The van der Waals surface area contributed by atoms with Gasteiger partial charge < -0.3 is 5.11 Å². The lowest BCUT2D eigenvalue weighted by Gasteiger charge is -2.34. The Labute approximate surface area is 288 Å². The van der Waals surface area contributed by atoms with Crippen molar-refractivity contribution in [3.05, 3.63) is 86.1 Å². The highest BCUT2D eigenvalue weighted by Gasteiger charge is 2.38. The van der Waals surface area contributed by atoms with Crippen LogP contribution in [-0.2, 0) is 22.2 Å². The van der Waals surface area contributed by atoms with E-state index in [1.807, 2.05) is 18.7 Å². The summed E-state index contributed by atoms with van der Waals surface area (Å²) in [7, 11) is 0. The van der Waals surface area contributed by atoms with Gasteiger partial charge in [0, 0.05) is 38.5 Å². The molecule has 0 radical (unpaired) electrons. The molecule has 1 aliphatic heterocycles. The Kier molecular flexibility index (Phi) is 11.3. The molecule has 1 saturated heterocycles. The van der Waals surface area contributed by atoms with Gasteiger partial charge in [0.15, 0.2) is 5.78 Å². The lowest BCUT2D eigenvalue weighted by molar-refractivity contribution is -0.140. The minimum Gasteiger partial charge on any atom is -0.481 e. The molecule has 2 heterocycles. The molecule has 2 aliphatic rings. The maximum atomic E-state index is 15.8. The average molecular weight is 702 g/mol. The number of hydrogen-bond acceptors (Lipinski definition) is 5. The van der Waals surface area contributed by atoms with E-state index in [2.05, 4.69) is 5.10 Å². The lowest BCUT2D eigenvalue weighted by atomic mass is 9.84. The van der Waals surface area contributed by atoms with Crippen LogP contribution in [0.15, 0.2) is 41.2 Å². The van der Waals surface area contributed by atoms with Gasteiger partial charge in [-0.15, -0.1) is 0 Å². The highest BCUT2D eigenvalue weighted by atomic mass is 19.4. The summed E-state index contributed by atoms with van der Waals surface area (Å²) in [5.41, 5.74) is 1.03. The molecule has 3 aromatic rings. The van der Waals surface area contributed by atoms with Crippen LogP contribution in [0.1, 0.15) is 104 Å². The monoisotopic (exact) mass is 701 g/mol. The van der Waals surface area contributed by atoms with Crippen molar-refractivity contribution in [1.29, 1.82) is 0 Å². The molecule has 0 unspecified atom stereocenters. The van der Waals surface area contributed by atoms with Crippen LogP contribution in [0.25, 0.3) is 11.1 Å². The standard InChI is InChI=1S/C38H44F5N3O4/c1-21(2)14-32(46-34(48)18-28(24-8-9-24)31(44-46)12-13-45-19-27(39)20-45)33(47)11-10-25(17-35(49)50)29-15-26(16-30(37(29)40)38(41,42)43)36-22(3)6-5-7-23(36)4/h5-7,15-16,18,21,24-25,27,32H,8-14,17,19-20H2,1-4H3,(H,49,50)/t25-,32-/m0/s1. The molecule has 0 bridgehead atoms. The van der Waals surface area contributed by atoms with E-state index in [0.717, 1.165) is 24.5 Å². The van der Waals surface area contributed by atoms with E-state index in [0.29, 0.717) is 48.4 Å². The van der Waals surface area contributed by atoms with Crippen LogP contribution >= 0.6 is 0 Å². The van der Waals surface area contributed by atoms with Crippen molar-refractivity contribution < 1.29 is 36.6 Å². The topological polar surface area (TPSA) is 92.5 Å². The lowest BCUT2D eigenvalue weighted by Crippen LogP contribution is -2.49. The first-order valence-corrected chi connectivity index (χ1v) is 17.2. The number of ketones is 1. The predicted molar refractivity (Wildman–Crippen MR) is 180 cm³/mol. The van der Waals surface area contributed by atoms with Gasteiger partial charge in [-0.05, 0) is 103 Å². The number of likely N-dealkylation sites (tertiary alicyclic amines) is 1. The van der Waals surface area contributed by atoms with Gasteiger partial charge in [-0.3, -0.25) is 19.3 Å². The fourth-order valence-electron chi connectivity index (χ4n) is 7.08. The molecular weight excluding hydrogens is 657 g/mol. The van der Waals surface area contributed by atoms with E-state index in [1.54, 1.807) is 32.0 Å². The quantitative estimate of drug-likeness (QED) is 0.162. The van der Waals surface area contributed by atoms with Crippen LogP contribution in [0, 0.1) is 25.6 Å². The molecule has 270 valence electrons. The second-order valence-electron chi connectivity index (χ2n) is 14.3. The summed E-state index contributed by atoms with van der Waals surface area (Å²) < 4.78 is 73.0. The average Bonchev–Trinajstić information content (AvgIpc) is 3.85. The molecule has 12 heteroatoms. The molecule has 1 aliphatic carbocycles. The second kappa shape index (κ2) is 15.1. The highest BCUT2D eigenvalue weighted by molar-refractivity contribution is 5.82. The SMILES string of the molecule is Cc1cccc(C)c1-c1cc([C@@H](CCC(=O)[C@H](CC(C)C)n2nc(CCN3CC(F)C3)c(C3CC3)cc2=O)CC(=O)O)c(F)c(C(F)(F)F)c1. The number of alkyl halides is 4. The van der Waals surface area contributed by atoms with Crippen molar-refractivity contribution in [3.8, 4) is 11.1 Å². The zero-order valence-corrected chi connectivity index (χ0v) is 28.8. The number of nitrogens with zero attached hydrogens (tertiary/aromatic N) is 3. The van der Waals surface area contributed by atoms with Gasteiger partial charge in [-0.2, -0.15) is 18.3 Å². The number of aryl methyl sites for hydroxylation is 2. The van der Waals surface area contributed by atoms with Crippen molar-refractivity contribution in [2.24, 2.45) is 5.92 Å². The minimum absolute atomic E-state index is 0.0533. The summed E-state index contributed by atoms with van der Waals surface area (Å²) >= 11 is 0. The smallest absolute Gasteiger partial charge is 0.419 e. The van der Waals surface area contributed by atoms with E-state index in [9.17, 15) is 37.1 Å². The minimum atomic E-state index is -5.06. The van der Waals surface area contributed by atoms with E-state index >= 15 is 4.39 Å². The molecule has 0 spiro atoms. The summed E-state index contributed by atoms with van der Waals surface area (Å²) in [5, 5.41) is 14.5. The Hall–Kier alpha value is -3.93. The Morgan fingerprint density at radius 1 is 1.06 bits per heavy atom. The van der Waals surface area contributed by atoms with Gasteiger partial charge >= 0.3 is 12.1 Å². The maximum absolute atomic E-state index is 15.8. The third-order valence-electron chi connectivity index (χ3n) is 9.80. The Morgan fingerprint density at radius 3 is 2.28 bits per heavy atom. The van der Waals surface area contributed by atoms with E-state index in [1.165, 1.54) is 16.8 Å². The molecule has 50 heavy (non-hydrogen) atoms. The van der Waals surface area contributed by atoms with Crippen molar-refractivity contribution in [1.82, 2.24) is 14.7 Å². The van der Waals surface area contributed by atoms with Gasteiger partial charge in [0.05, 0.1) is 17.7 Å². The van der Waals surface area contributed by atoms with Gasteiger partial charge in [0.1, 0.15) is 18.0 Å². The number of carbonyl (C=O) groups is 2. The van der Waals surface area contributed by atoms with Crippen molar-refractivity contribution >= 4 is 11.8 Å². The molecule has 7 nitrogen and oxygen atoms in total. The normalized spacial score (nSPS) is 16.8. The maximum Gasteiger partial charge on any atom is 0.419 e. The number of Topliss-reactive ketones (excluding diaryl/α,β-unsaturated/α-hetero) is 1. The molecule has 2 fully saturated rings. The third kappa shape index (κ3) is 8.68. The summed E-state index contributed by atoms with van der Waals surface area (Å²) in [6, 6.07) is 7.72. The van der Waals surface area contributed by atoms with E-state index in [4.69, 9.17) is 0 Å².